The fraction of sp³-hybridized carbons (Fsp3) is 0.375. The molecular formula is C24H28N6O3. The number of nitrogens with one attached hydrogen (secondary N) is 2. The zero-order chi connectivity index (χ0) is 23.2. The molecular weight excluding hydrogens is 420 g/mol. The number of ether oxygens (including phenoxy) is 2. The van der Waals surface area contributed by atoms with Gasteiger partial charge in [0.15, 0.2) is 0 Å². The van der Waals surface area contributed by atoms with Crippen LogP contribution in [0.5, 0.6) is 0 Å². The van der Waals surface area contributed by atoms with Gasteiger partial charge in [0, 0.05) is 62.3 Å². The predicted octanol–water partition coefficient (Wildman–Crippen LogP) is 3.85. The first-order chi connectivity index (χ1) is 16.1. The third kappa shape index (κ3) is 5.68. The molecule has 1 aliphatic rings. The van der Waals surface area contributed by atoms with Crippen molar-refractivity contribution in [3.05, 3.63) is 53.7 Å². The summed E-state index contributed by atoms with van der Waals surface area (Å²) in [6.45, 7) is 5.38. The number of hydrogen-bond acceptors (Lipinski definition) is 8. The summed E-state index contributed by atoms with van der Waals surface area (Å²) in [6.07, 6.45) is 5.18. The maximum absolute atomic E-state index is 11.6. The second kappa shape index (κ2) is 10.5. The molecule has 1 atom stereocenters. The SMILES string of the molecule is CCc1cc(Nc2cc(NC(C)=O)ncc2-c2ccc(COC)cn2)nc(C2CCOC2)n1. The Balaban J connectivity index is 1.71. The number of hydrogen-bond donors (Lipinski definition) is 2. The molecule has 1 aliphatic heterocycles. The fourth-order valence-electron chi connectivity index (χ4n) is 3.67. The van der Waals surface area contributed by atoms with Gasteiger partial charge in [0.05, 0.1) is 24.6 Å². The predicted molar refractivity (Wildman–Crippen MR) is 125 cm³/mol. The van der Waals surface area contributed by atoms with E-state index in [-0.39, 0.29) is 11.8 Å². The van der Waals surface area contributed by atoms with Crippen LogP contribution in [0.1, 0.15) is 43.3 Å². The van der Waals surface area contributed by atoms with Crippen molar-refractivity contribution in [1.82, 2.24) is 19.9 Å². The molecule has 0 aromatic carbocycles. The van der Waals surface area contributed by atoms with E-state index in [0.29, 0.717) is 24.8 Å². The van der Waals surface area contributed by atoms with Crippen molar-refractivity contribution in [2.45, 2.75) is 39.2 Å². The van der Waals surface area contributed by atoms with E-state index in [1.165, 1.54) is 6.92 Å². The molecule has 0 spiro atoms. The average molecular weight is 449 g/mol. The molecule has 172 valence electrons. The molecule has 9 nitrogen and oxygen atoms in total. The number of methoxy groups -OCH3 is 1. The second-order valence-corrected chi connectivity index (χ2v) is 7.92. The third-order valence-electron chi connectivity index (χ3n) is 5.34. The van der Waals surface area contributed by atoms with Crippen LogP contribution in [0.25, 0.3) is 11.3 Å². The number of aromatic nitrogens is 4. The highest BCUT2D eigenvalue weighted by molar-refractivity contribution is 5.89. The quantitative estimate of drug-likeness (QED) is 0.535. The lowest BCUT2D eigenvalue weighted by Crippen LogP contribution is -2.10. The van der Waals surface area contributed by atoms with E-state index < -0.39 is 0 Å². The zero-order valence-corrected chi connectivity index (χ0v) is 19.1. The molecule has 0 saturated carbocycles. The van der Waals surface area contributed by atoms with E-state index in [4.69, 9.17) is 19.4 Å². The number of carbonyl (C=O) groups excluding carboxylic acids is 1. The van der Waals surface area contributed by atoms with Crippen molar-refractivity contribution < 1.29 is 14.3 Å². The fourth-order valence-corrected chi connectivity index (χ4v) is 3.67. The maximum atomic E-state index is 11.6. The molecule has 1 saturated heterocycles. The number of anilines is 3. The van der Waals surface area contributed by atoms with Gasteiger partial charge in [0.1, 0.15) is 17.5 Å². The van der Waals surface area contributed by atoms with Crippen LogP contribution in [0.3, 0.4) is 0 Å². The van der Waals surface area contributed by atoms with Crippen LogP contribution in [0.15, 0.2) is 36.7 Å². The Labute approximate surface area is 193 Å². The lowest BCUT2D eigenvalue weighted by atomic mass is 10.1. The number of aryl methyl sites for hydroxylation is 1. The largest absolute Gasteiger partial charge is 0.381 e. The van der Waals surface area contributed by atoms with Gasteiger partial charge in [-0.1, -0.05) is 13.0 Å². The summed E-state index contributed by atoms with van der Waals surface area (Å²) >= 11 is 0. The molecule has 1 amide bonds. The van der Waals surface area contributed by atoms with E-state index in [9.17, 15) is 4.79 Å². The van der Waals surface area contributed by atoms with E-state index in [1.807, 2.05) is 18.2 Å². The van der Waals surface area contributed by atoms with Crippen LogP contribution in [0.2, 0.25) is 0 Å². The smallest absolute Gasteiger partial charge is 0.222 e. The van der Waals surface area contributed by atoms with Gasteiger partial charge in [-0.15, -0.1) is 0 Å². The van der Waals surface area contributed by atoms with Gasteiger partial charge in [-0.2, -0.15) is 0 Å². The molecule has 0 aliphatic carbocycles. The highest BCUT2D eigenvalue weighted by atomic mass is 16.5. The Hall–Kier alpha value is -3.43. The summed E-state index contributed by atoms with van der Waals surface area (Å²) in [5.74, 6) is 1.91. The topological polar surface area (TPSA) is 111 Å². The van der Waals surface area contributed by atoms with Crippen LogP contribution in [0.4, 0.5) is 17.3 Å². The van der Waals surface area contributed by atoms with Crippen LogP contribution < -0.4 is 10.6 Å². The van der Waals surface area contributed by atoms with Gasteiger partial charge < -0.3 is 20.1 Å². The highest BCUT2D eigenvalue weighted by Gasteiger charge is 2.22. The van der Waals surface area contributed by atoms with Crippen molar-refractivity contribution in [2.24, 2.45) is 0 Å². The minimum absolute atomic E-state index is 0.193. The molecule has 1 unspecified atom stereocenters. The summed E-state index contributed by atoms with van der Waals surface area (Å²) in [5.41, 5.74) is 4.19. The highest BCUT2D eigenvalue weighted by Crippen LogP contribution is 2.31. The normalized spacial score (nSPS) is 15.4. The van der Waals surface area contributed by atoms with Gasteiger partial charge in [-0.3, -0.25) is 9.78 Å². The number of rotatable bonds is 8. The van der Waals surface area contributed by atoms with Gasteiger partial charge >= 0.3 is 0 Å². The zero-order valence-electron chi connectivity index (χ0n) is 19.1. The first kappa shape index (κ1) is 22.8. The van der Waals surface area contributed by atoms with Crippen molar-refractivity contribution in [1.29, 1.82) is 0 Å². The van der Waals surface area contributed by atoms with Crippen LogP contribution in [0, 0.1) is 0 Å². The lowest BCUT2D eigenvalue weighted by molar-refractivity contribution is -0.114. The molecule has 4 heterocycles. The van der Waals surface area contributed by atoms with Gasteiger partial charge in [0.25, 0.3) is 0 Å². The molecule has 9 heteroatoms. The average Bonchev–Trinajstić information content (AvgIpc) is 3.35. The Morgan fingerprint density at radius 1 is 1.18 bits per heavy atom. The van der Waals surface area contributed by atoms with Crippen LogP contribution >= 0.6 is 0 Å². The van der Waals surface area contributed by atoms with Crippen molar-refractivity contribution >= 4 is 23.2 Å². The van der Waals surface area contributed by atoms with Crippen molar-refractivity contribution in [2.75, 3.05) is 31.0 Å². The van der Waals surface area contributed by atoms with Crippen LogP contribution in [-0.4, -0.2) is 46.2 Å². The molecule has 4 rings (SSSR count). The molecule has 3 aromatic heterocycles. The molecule has 33 heavy (non-hydrogen) atoms. The number of pyridine rings is 2. The minimum atomic E-state index is -0.193. The Kier molecular flexibility index (Phi) is 7.21. The summed E-state index contributed by atoms with van der Waals surface area (Å²) < 4.78 is 10.7. The van der Waals surface area contributed by atoms with Crippen molar-refractivity contribution in [3.8, 4) is 11.3 Å². The first-order valence-electron chi connectivity index (χ1n) is 11.0. The maximum Gasteiger partial charge on any atom is 0.222 e. The molecule has 2 N–H and O–H groups in total. The van der Waals surface area contributed by atoms with Gasteiger partial charge in [-0.25, -0.2) is 15.0 Å². The van der Waals surface area contributed by atoms with E-state index in [1.54, 1.807) is 25.6 Å². The third-order valence-corrected chi connectivity index (χ3v) is 5.34. The Bertz CT molecular complexity index is 1110. The number of carbonyl (C=O) groups is 1. The Morgan fingerprint density at radius 3 is 2.73 bits per heavy atom. The Morgan fingerprint density at radius 2 is 2.06 bits per heavy atom. The lowest BCUT2D eigenvalue weighted by Gasteiger charge is -2.15. The van der Waals surface area contributed by atoms with Crippen molar-refractivity contribution in [3.63, 3.8) is 0 Å². The minimum Gasteiger partial charge on any atom is -0.381 e. The molecule has 0 radical (unpaired) electrons. The molecule has 1 fully saturated rings. The summed E-state index contributed by atoms with van der Waals surface area (Å²) in [4.78, 5) is 30.0. The number of amides is 1. The molecule has 0 bridgehead atoms. The van der Waals surface area contributed by atoms with E-state index >= 15 is 0 Å². The first-order valence-corrected chi connectivity index (χ1v) is 11.0. The molecule has 3 aromatic rings. The van der Waals surface area contributed by atoms with Gasteiger partial charge in [-0.05, 0) is 24.5 Å². The summed E-state index contributed by atoms with van der Waals surface area (Å²) in [5, 5.41) is 6.15. The van der Waals surface area contributed by atoms with Crippen LogP contribution in [-0.2, 0) is 27.3 Å². The number of nitrogens with zero attached hydrogens (tertiary/aromatic N) is 4. The second-order valence-electron chi connectivity index (χ2n) is 7.92. The summed E-state index contributed by atoms with van der Waals surface area (Å²) in [7, 11) is 1.65. The van der Waals surface area contributed by atoms with E-state index in [0.717, 1.165) is 53.5 Å². The van der Waals surface area contributed by atoms with E-state index in [2.05, 4.69) is 27.5 Å². The monoisotopic (exact) mass is 448 g/mol. The standard InChI is InChI=1S/C24H28N6O3/c1-4-18-9-23(30-24(28-18)17-7-8-33-14-17)29-21-10-22(27-15(2)31)26-12-19(21)20-6-5-16(11-25-20)13-32-3/h5-6,9-12,17H,4,7-8,13-14H2,1-3H3,(H2,26,27,28,29,30,31). The summed E-state index contributed by atoms with van der Waals surface area (Å²) in [6, 6.07) is 7.62. The van der Waals surface area contributed by atoms with Gasteiger partial charge in [0.2, 0.25) is 5.91 Å².